The average molecular weight is 493 g/mol. The molecule has 2 aromatic rings. The molecule has 5 nitrogen and oxygen atoms in total. The minimum atomic E-state index is -4.01. The lowest BCUT2D eigenvalue weighted by atomic mass is 9.98. The molecule has 0 aliphatic rings. The van der Waals surface area contributed by atoms with E-state index in [-0.39, 0.29) is 11.8 Å². The van der Waals surface area contributed by atoms with E-state index < -0.39 is 38.1 Å². The molecule has 0 spiro atoms. The van der Waals surface area contributed by atoms with Crippen LogP contribution in [0.2, 0.25) is 0 Å². The van der Waals surface area contributed by atoms with Gasteiger partial charge >= 0.3 is 6.03 Å². The summed E-state index contributed by atoms with van der Waals surface area (Å²) >= 11 is 0. The Bertz CT molecular complexity index is 1140. The predicted octanol–water partition coefficient (Wildman–Crippen LogP) is 6.32. The van der Waals surface area contributed by atoms with Gasteiger partial charge in [-0.05, 0) is 68.9 Å². The molecule has 0 aliphatic heterocycles. The van der Waals surface area contributed by atoms with Crippen LogP contribution in [-0.2, 0) is 28.4 Å². The van der Waals surface area contributed by atoms with Gasteiger partial charge < -0.3 is 10.6 Å². The Morgan fingerprint density at radius 1 is 1.09 bits per heavy atom. The normalized spacial score (nSPS) is 13.0. The molecule has 2 rings (SSSR count). The maximum Gasteiger partial charge on any atom is 0.319 e. The lowest BCUT2D eigenvalue weighted by molar-refractivity contribution is 0.250. The molecule has 0 aliphatic carbocycles. The van der Waals surface area contributed by atoms with Gasteiger partial charge in [-0.15, -0.1) is 0 Å². The van der Waals surface area contributed by atoms with E-state index in [1.54, 1.807) is 13.0 Å². The minimum Gasteiger partial charge on any atom is -0.332 e. The summed E-state index contributed by atoms with van der Waals surface area (Å²) in [4.78, 5) is 11.7. The fourth-order valence-electron chi connectivity index (χ4n) is 3.58. The van der Waals surface area contributed by atoms with Crippen molar-refractivity contribution in [1.29, 1.82) is 0 Å². The van der Waals surface area contributed by atoms with E-state index >= 15 is 0 Å². The van der Waals surface area contributed by atoms with Gasteiger partial charge in [0.15, 0.2) is 21.5 Å². The largest absolute Gasteiger partial charge is 0.332 e. The summed E-state index contributed by atoms with van der Waals surface area (Å²) in [7, 11) is -4.01. The quantitative estimate of drug-likeness (QED) is 0.381. The van der Waals surface area contributed by atoms with Gasteiger partial charge in [0.1, 0.15) is 5.69 Å². The number of carbonyl (C=O) groups excluding carboxylic acids is 1. The molecule has 186 valence electrons. The number of halogens is 2. The molecule has 1 unspecified atom stereocenters. The van der Waals surface area contributed by atoms with Gasteiger partial charge in [0.05, 0.1) is 10.6 Å². The van der Waals surface area contributed by atoms with Crippen LogP contribution in [0.25, 0.3) is 0 Å². The standard InChI is InChI=1S/C26H34F2N2O3S/c1-6-9-10-21-13-19(11-12-20(21)8-3)16-34(32,33)22-14-23(27)25(24(28)15-22)30-26(31)29-18(5)17(4)7-2/h7,11-15,18H,6,8-10,16H2,1-5H3,(H2,29,30,31)/b17-7+. The van der Waals surface area contributed by atoms with Gasteiger partial charge in [0.25, 0.3) is 0 Å². The van der Waals surface area contributed by atoms with Crippen LogP contribution in [0, 0.1) is 11.6 Å². The Morgan fingerprint density at radius 3 is 2.29 bits per heavy atom. The molecule has 0 aromatic heterocycles. The zero-order chi connectivity index (χ0) is 25.5. The van der Waals surface area contributed by atoms with Crippen LogP contribution < -0.4 is 10.6 Å². The molecule has 2 aromatic carbocycles. The molecule has 2 N–H and O–H groups in total. The molecular formula is C26H34F2N2O3S. The number of sulfone groups is 1. The number of amides is 2. The van der Waals surface area contributed by atoms with Crippen molar-refractivity contribution in [3.05, 3.63) is 70.3 Å². The maximum atomic E-state index is 14.6. The highest BCUT2D eigenvalue weighted by molar-refractivity contribution is 7.90. The molecule has 0 saturated carbocycles. The SMILES string of the molecule is C/C=C(\C)C(C)NC(=O)Nc1c(F)cc(S(=O)(=O)Cc2ccc(CC)c(CCCC)c2)cc1F. The molecule has 0 saturated heterocycles. The van der Waals surface area contributed by atoms with E-state index in [0.29, 0.717) is 5.56 Å². The van der Waals surface area contributed by atoms with E-state index in [1.165, 1.54) is 5.56 Å². The number of hydrogen-bond acceptors (Lipinski definition) is 3. The highest BCUT2D eigenvalue weighted by atomic mass is 32.2. The first-order chi connectivity index (χ1) is 16.0. The van der Waals surface area contributed by atoms with Crippen LogP contribution >= 0.6 is 0 Å². The van der Waals surface area contributed by atoms with Gasteiger partial charge in [-0.3, -0.25) is 0 Å². The monoisotopic (exact) mass is 492 g/mol. The van der Waals surface area contributed by atoms with Crippen molar-refractivity contribution in [3.63, 3.8) is 0 Å². The first-order valence-electron chi connectivity index (χ1n) is 11.5. The van der Waals surface area contributed by atoms with Crippen molar-refractivity contribution in [3.8, 4) is 0 Å². The third kappa shape index (κ3) is 7.13. The van der Waals surface area contributed by atoms with Gasteiger partial charge in [-0.25, -0.2) is 22.0 Å². The second-order valence-electron chi connectivity index (χ2n) is 8.43. The third-order valence-electron chi connectivity index (χ3n) is 5.91. The fraction of sp³-hybridized carbons (Fsp3) is 0.423. The van der Waals surface area contributed by atoms with Crippen molar-refractivity contribution in [2.24, 2.45) is 0 Å². The molecule has 0 bridgehead atoms. The zero-order valence-electron chi connectivity index (χ0n) is 20.5. The smallest absolute Gasteiger partial charge is 0.319 e. The Balaban J connectivity index is 2.25. The second kappa shape index (κ2) is 12.1. The zero-order valence-corrected chi connectivity index (χ0v) is 21.3. The number of rotatable bonds is 10. The van der Waals surface area contributed by atoms with E-state index in [0.717, 1.165) is 49.0 Å². The number of anilines is 1. The summed E-state index contributed by atoms with van der Waals surface area (Å²) in [6.07, 6.45) is 5.53. The van der Waals surface area contributed by atoms with E-state index in [4.69, 9.17) is 0 Å². The van der Waals surface area contributed by atoms with Gasteiger partial charge in [0.2, 0.25) is 0 Å². The lowest BCUT2D eigenvalue weighted by Crippen LogP contribution is -2.37. The van der Waals surface area contributed by atoms with Crippen LogP contribution in [0.15, 0.2) is 46.9 Å². The first kappa shape index (κ1) is 27.5. The number of nitrogens with one attached hydrogen (secondary N) is 2. The Morgan fingerprint density at radius 2 is 1.74 bits per heavy atom. The number of allylic oxidation sites excluding steroid dienone is 1. The summed E-state index contributed by atoms with van der Waals surface area (Å²) in [5, 5.41) is 4.70. The fourth-order valence-corrected chi connectivity index (χ4v) is 4.93. The number of unbranched alkanes of at least 4 members (excludes halogenated alkanes) is 1. The average Bonchev–Trinajstić information content (AvgIpc) is 2.79. The summed E-state index contributed by atoms with van der Waals surface area (Å²) in [5.41, 5.74) is 3.01. The number of urea groups is 1. The highest BCUT2D eigenvalue weighted by Crippen LogP contribution is 2.26. The summed E-state index contributed by atoms with van der Waals surface area (Å²) in [6.45, 7) is 9.50. The molecule has 0 heterocycles. The predicted molar refractivity (Wildman–Crippen MR) is 133 cm³/mol. The summed E-state index contributed by atoms with van der Waals surface area (Å²) in [6, 6.07) is 5.88. The Hall–Kier alpha value is -2.74. The molecular weight excluding hydrogens is 458 g/mol. The van der Waals surface area contributed by atoms with Gasteiger partial charge in [0, 0.05) is 6.04 Å². The van der Waals surface area contributed by atoms with Gasteiger partial charge in [-0.1, -0.05) is 50.1 Å². The summed E-state index contributed by atoms with van der Waals surface area (Å²) < 4.78 is 55.2. The first-order valence-corrected chi connectivity index (χ1v) is 13.2. The molecule has 0 fully saturated rings. The minimum absolute atomic E-state index is 0.336. The topological polar surface area (TPSA) is 75.3 Å². The third-order valence-corrected chi connectivity index (χ3v) is 7.57. The molecule has 0 radical (unpaired) electrons. The molecule has 1 atom stereocenters. The van der Waals surface area contributed by atoms with Crippen LogP contribution in [-0.4, -0.2) is 20.5 Å². The Kier molecular flexibility index (Phi) is 9.79. The number of hydrogen-bond donors (Lipinski definition) is 2. The van der Waals surface area contributed by atoms with Crippen LogP contribution in [0.5, 0.6) is 0 Å². The molecule has 8 heteroatoms. The van der Waals surface area contributed by atoms with Crippen molar-refractivity contribution in [2.45, 2.75) is 77.0 Å². The van der Waals surface area contributed by atoms with Crippen molar-refractivity contribution < 1.29 is 22.0 Å². The molecule has 34 heavy (non-hydrogen) atoms. The summed E-state index contributed by atoms with van der Waals surface area (Å²) in [5.74, 6) is -2.69. The number of carbonyl (C=O) groups is 1. The highest BCUT2D eigenvalue weighted by Gasteiger charge is 2.22. The van der Waals surface area contributed by atoms with Crippen molar-refractivity contribution in [2.75, 3.05) is 5.32 Å². The maximum absolute atomic E-state index is 14.6. The van der Waals surface area contributed by atoms with E-state index in [9.17, 15) is 22.0 Å². The van der Waals surface area contributed by atoms with Crippen LogP contribution in [0.1, 0.15) is 64.2 Å². The van der Waals surface area contributed by atoms with Crippen molar-refractivity contribution >= 4 is 21.6 Å². The number of aryl methyl sites for hydroxylation is 2. The lowest BCUT2D eigenvalue weighted by Gasteiger charge is -2.16. The van der Waals surface area contributed by atoms with E-state index in [2.05, 4.69) is 17.6 Å². The van der Waals surface area contributed by atoms with Crippen LogP contribution in [0.3, 0.4) is 0 Å². The van der Waals surface area contributed by atoms with Gasteiger partial charge in [-0.2, -0.15) is 0 Å². The number of benzene rings is 2. The van der Waals surface area contributed by atoms with Crippen molar-refractivity contribution in [1.82, 2.24) is 5.32 Å². The Labute approximate surface area is 201 Å². The van der Waals surface area contributed by atoms with Crippen LogP contribution in [0.4, 0.5) is 19.3 Å². The second-order valence-corrected chi connectivity index (χ2v) is 10.4. The van der Waals surface area contributed by atoms with E-state index in [1.807, 2.05) is 39.0 Å². The molecule has 2 amide bonds.